The van der Waals surface area contributed by atoms with Gasteiger partial charge in [-0.15, -0.1) is 0 Å². The van der Waals surface area contributed by atoms with Crippen molar-refractivity contribution < 1.29 is 9.90 Å². The molecule has 104 valence electrons. The Morgan fingerprint density at radius 2 is 2.26 bits per heavy atom. The molecule has 1 heterocycles. The number of benzene rings is 1. The predicted octanol–water partition coefficient (Wildman–Crippen LogP) is 1.90. The third-order valence-corrected chi connectivity index (χ3v) is 4.05. The van der Waals surface area contributed by atoms with E-state index in [0.717, 1.165) is 31.5 Å². The molecule has 1 aromatic carbocycles. The monoisotopic (exact) mass is 262 g/mol. The van der Waals surface area contributed by atoms with Gasteiger partial charge in [0.2, 0.25) is 0 Å². The summed E-state index contributed by atoms with van der Waals surface area (Å²) in [6, 6.07) is 5.21. The number of aryl methyl sites for hydroxylation is 1. The van der Waals surface area contributed by atoms with Crippen LogP contribution in [0.5, 0.6) is 5.75 Å². The first-order chi connectivity index (χ1) is 9.02. The third kappa shape index (κ3) is 2.89. The number of rotatable bonds is 2. The first-order valence-corrected chi connectivity index (χ1v) is 6.87. The van der Waals surface area contributed by atoms with Crippen LogP contribution in [0, 0.1) is 12.8 Å². The summed E-state index contributed by atoms with van der Waals surface area (Å²) in [6.45, 7) is 5.36. The number of nitrogens with two attached hydrogens (primary N) is 1. The molecule has 0 radical (unpaired) electrons. The second kappa shape index (κ2) is 5.61. The molecular formula is C15H22N2O2. The highest BCUT2D eigenvalue weighted by Crippen LogP contribution is 2.22. The molecule has 0 aliphatic carbocycles. The van der Waals surface area contributed by atoms with Crippen LogP contribution in [-0.2, 0) is 0 Å². The van der Waals surface area contributed by atoms with Gasteiger partial charge in [-0.2, -0.15) is 0 Å². The Morgan fingerprint density at radius 3 is 2.89 bits per heavy atom. The predicted molar refractivity (Wildman–Crippen MR) is 75.1 cm³/mol. The maximum atomic E-state index is 12.4. The summed E-state index contributed by atoms with van der Waals surface area (Å²) in [4.78, 5) is 14.3. The number of carbonyl (C=O) groups excluding carboxylic acids is 1. The number of amides is 1. The minimum atomic E-state index is 0.0356. The standard InChI is InChI=1S/C15H22N2O2/c1-3-11-9-17(7-6-13(11)16)15(19)12-4-5-14(18)10(2)8-12/h4-5,8,11,13,18H,3,6-7,9,16H2,1-2H3. The van der Waals surface area contributed by atoms with Crippen LogP contribution < -0.4 is 5.73 Å². The van der Waals surface area contributed by atoms with Crippen molar-refractivity contribution in [1.82, 2.24) is 4.90 Å². The van der Waals surface area contributed by atoms with E-state index in [9.17, 15) is 9.90 Å². The molecule has 19 heavy (non-hydrogen) atoms. The van der Waals surface area contributed by atoms with E-state index in [1.807, 2.05) is 4.90 Å². The normalized spacial score (nSPS) is 23.4. The molecule has 1 aromatic rings. The molecule has 2 unspecified atom stereocenters. The molecule has 0 saturated carbocycles. The molecule has 1 aliphatic heterocycles. The van der Waals surface area contributed by atoms with E-state index in [1.165, 1.54) is 0 Å². The second-order valence-corrected chi connectivity index (χ2v) is 5.37. The van der Waals surface area contributed by atoms with Crippen molar-refractivity contribution in [1.29, 1.82) is 0 Å². The zero-order chi connectivity index (χ0) is 14.0. The van der Waals surface area contributed by atoms with Crippen LogP contribution in [0.1, 0.15) is 35.7 Å². The molecule has 0 aromatic heterocycles. The highest BCUT2D eigenvalue weighted by molar-refractivity contribution is 5.94. The number of phenolic OH excluding ortho intramolecular Hbond substituents is 1. The summed E-state index contributed by atoms with van der Waals surface area (Å²) in [5.74, 6) is 0.646. The van der Waals surface area contributed by atoms with Crippen LogP contribution in [0.4, 0.5) is 0 Å². The Hall–Kier alpha value is -1.55. The van der Waals surface area contributed by atoms with Crippen LogP contribution in [0.25, 0.3) is 0 Å². The van der Waals surface area contributed by atoms with Gasteiger partial charge in [0.1, 0.15) is 5.75 Å². The van der Waals surface area contributed by atoms with E-state index in [-0.39, 0.29) is 17.7 Å². The van der Waals surface area contributed by atoms with Gasteiger partial charge in [0.05, 0.1) is 0 Å². The lowest BCUT2D eigenvalue weighted by Crippen LogP contribution is -2.49. The van der Waals surface area contributed by atoms with Crippen molar-refractivity contribution in [3.63, 3.8) is 0 Å². The number of carbonyl (C=O) groups is 1. The van der Waals surface area contributed by atoms with Crippen molar-refractivity contribution in [2.75, 3.05) is 13.1 Å². The number of hydrogen-bond acceptors (Lipinski definition) is 3. The topological polar surface area (TPSA) is 66.6 Å². The summed E-state index contributed by atoms with van der Waals surface area (Å²) in [5, 5.41) is 9.51. The molecule has 4 heteroatoms. The Bertz CT molecular complexity index is 473. The number of aromatic hydroxyl groups is 1. The third-order valence-electron chi connectivity index (χ3n) is 4.05. The average Bonchev–Trinajstić information content (AvgIpc) is 2.41. The SMILES string of the molecule is CCC1CN(C(=O)c2ccc(O)c(C)c2)CCC1N. The fourth-order valence-corrected chi connectivity index (χ4v) is 2.64. The van der Waals surface area contributed by atoms with Crippen LogP contribution in [-0.4, -0.2) is 35.0 Å². The molecule has 1 fully saturated rings. The maximum absolute atomic E-state index is 12.4. The number of nitrogens with zero attached hydrogens (tertiary/aromatic N) is 1. The summed E-state index contributed by atoms with van der Waals surface area (Å²) >= 11 is 0. The highest BCUT2D eigenvalue weighted by Gasteiger charge is 2.28. The minimum Gasteiger partial charge on any atom is -0.508 e. The van der Waals surface area contributed by atoms with Crippen molar-refractivity contribution in [2.45, 2.75) is 32.7 Å². The van der Waals surface area contributed by atoms with Gasteiger partial charge < -0.3 is 15.7 Å². The van der Waals surface area contributed by atoms with E-state index < -0.39 is 0 Å². The van der Waals surface area contributed by atoms with Gasteiger partial charge in [-0.1, -0.05) is 13.3 Å². The molecule has 0 bridgehead atoms. The summed E-state index contributed by atoms with van der Waals surface area (Å²) in [7, 11) is 0. The lowest BCUT2D eigenvalue weighted by atomic mass is 9.90. The first kappa shape index (κ1) is 13.9. The van der Waals surface area contributed by atoms with Crippen LogP contribution in [0.2, 0.25) is 0 Å². The van der Waals surface area contributed by atoms with E-state index in [2.05, 4.69) is 6.92 Å². The molecule has 1 saturated heterocycles. The second-order valence-electron chi connectivity index (χ2n) is 5.37. The highest BCUT2D eigenvalue weighted by atomic mass is 16.3. The number of likely N-dealkylation sites (tertiary alicyclic amines) is 1. The van der Waals surface area contributed by atoms with Crippen LogP contribution in [0.3, 0.4) is 0 Å². The fourth-order valence-electron chi connectivity index (χ4n) is 2.64. The van der Waals surface area contributed by atoms with E-state index in [1.54, 1.807) is 25.1 Å². The molecule has 2 rings (SSSR count). The molecule has 1 aliphatic rings. The average molecular weight is 262 g/mol. The van der Waals surface area contributed by atoms with E-state index >= 15 is 0 Å². The molecule has 4 nitrogen and oxygen atoms in total. The Balaban J connectivity index is 2.13. The Labute approximate surface area is 114 Å². The summed E-state index contributed by atoms with van der Waals surface area (Å²) in [6.07, 6.45) is 1.86. The van der Waals surface area contributed by atoms with Gasteiger partial charge in [-0.05, 0) is 43.0 Å². The van der Waals surface area contributed by atoms with Crippen molar-refractivity contribution >= 4 is 5.91 Å². The van der Waals surface area contributed by atoms with E-state index in [0.29, 0.717) is 11.5 Å². The molecule has 3 N–H and O–H groups in total. The zero-order valence-electron chi connectivity index (χ0n) is 11.6. The maximum Gasteiger partial charge on any atom is 0.253 e. The quantitative estimate of drug-likeness (QED) is 0.855. The zero-order valence-corrected chi connectivity index (χ0v) is 11.6. The van der Waals surface area contributed by atoms with Crippen LogP contribution in [0.15, 0.2) is 18.2 Å². The Kier molecular flexibility index (Phi) is 4.10. The van der Waals surface area contributed by atoms with Crippen molar-refractivity contribution in [3.8, 4) is 5.75 Å². The van der Waals surface area contributed by atoms with Gasteiger partial charge in [-0.3, -0.25) is 4.79 Å². The molecule has 1 amide bonds. The smallest absolute Gasteiger partial charge is 0.253 e. The van der Waals surface area contributed by atoms with Gasteiger partial charge in [0.25, 0.3) is 5.91 Å². The minimum absolute atomic E-state index is 0.0356. The summed E-state index contributed by atoms with van der Waals surface area (Å²) < 4.78 is 0. The fraction of sp³-hybridized carbons (Fsp3) is 0.533. The summed E-state index contributed by atoms with van der Waals surface area (Å²) in [5.41, 5.74) is 7.43. The van der Waals surface area contributed by atoms with Gasteiger partial charge in [-0.25, -0.2) is 0 Å². The van der Waals surface area contributed by atoms with E-state index in [4.69, 9.17) is 5.73 Å². The Morgan fingerprint density at radius 1 is 1.53 bits per heavy atom. The number of hydrogen-bond donors (Lipinski definition) is 2. The number of piperidine rings is 1. The van der Waals surface area contributed by atoms with Crippen molar-refractivity contribution in [3.05, 3.63) is 29.3 Å². The molecular weight excluding hydrogens is 240 g/mol. The molecule has 0 spiro atoms. The van der Waals surface area contributed by atoms with Gasteiger partial charge >= 0.3 is 0 Å². The largest absolute Gasteiger partial charge is 0.508 e. The van der Waals surface area contributed by atoms with Gasteiger partial charge in [0, 0.05) is 24.7 Å². The van der Waals surface area contributed by atoms with Gasteiger partial charge in [0.15, 0.2) is 0 Å². The van der Waals surface area contributed by atoms with Crippen LogP contribution >= 0.6 is 0 Å². The lowest BCUT2D eigenvalue weighted by Gasteiger charge is -2.36. The lowest BCUT2D eigenvalue weighted by molar-refractivity contribution is 0.0649. The van der Waals surface area contributed by atoms with Crippen molar-refractivity contribution in [2.24, 2.45) is 11.7 Å². The number of phenols is 1. The first-order valence-electron chi connectivity index (χ1n) is 6.87. The molecule has 2 atom stereocenters.